The standard InChI is InChI=1S/C20H23FN2O3/c1-22(2)19(15-8-4-5-9-16(15)21)20(24)23-12-14(13-23)26-18-11-7-6-10-17(18)25-3/h4-11,14,19H,12-13H2,1-3H3/t19-/m1/s1. The van der Waals surface area contributed by atoms with Crippen LogP contribution in [0.5, 0.6) is 11.5 Å². The van der Waals surface area contributed by atoms with E-state index in [9.17, 15) is 9.18 Å². The first kappa shape index (κ1) is 18.2. The molecule has 3 rings (SSSR count). The second-order valence-electron chi connectivity index (χ2n) is 6.52. The molecule has 1 aliphatic heterocycles. The molecular formula is C20H23FN2O3. The van der Waals surface area contributed by atoms with E-state index < -0.39 is 6.04 Å². The number of nitrogens with zero attached hydrogens (tertiary/aromatic N) is 2. The summed E-state index contributed by atoms with van der Waals surface area (Å²) in [7, 11) is 5.14. The van der Waals surface area contributed by atoms with Crippen LogP contribution in [-0.2, 0) is 4.79 Å². The van der Waals surface area contributed by atoms with Gasteiger partial charge in [0.1, 0.15) is 18.0 Å². The fraction of sp³-hybridized carbons (Fsp3) is 0.350. The van der Waals surface area contributed by atoms with E-state index in [1.165, 1.54) is 6.07 Å². The number of methoxy groups -OCH3 is 1. The summed E-state index contributed by atoms with van der Waals surface area (Å²) in [6, 6.07) is 13.2. The van der Waals surface area contributed by atoms with Gasteiger partial charge in [-0.15, -0.1) is 0 Å². The highest BCUT2D eigenvalue weighted by Gasteiger charge is 2.38. The van der Waals surface area contributed by atoms with Gasteiger partial charge in [-0.05, 0) is 32.3 Å². The van der Waals surface area contributed by atoms with E-state index in [1.807, 2.05) is 24.3 Å². The summed E-state index contributed by atoms with van der Waals surface area (Å²) in [4.78, 5) is 16.3. The molecule has 0 bridgehead atoms. The van der Waals surface area contributed by atoms with Crippen molar-refractivity contribution in [1.82, 2.24) is 9.80 Å². The normalized spacial score (nSPS) is 15.5. The summed E-state index contributed by atoms with van der Waals surface area (Å²) in [6.07, 6.45) is -0.0984. The zero-order chi connectivity index (χ0) is 18.7. The highest BCUT2D eigenvalue weighted by Crippen LogP contribution is 2.30. The van der Waals surface area contributed by atoms with Gasteiger partial charge in [-0.2, -0.15) is 0 Å². The predicted molar refractivity (Wildman–Crippen MR) is 96.8 cm³/mol. The quantitative estimate of drug-likeness (QED) is 0.796. The van der Waals surface area contributed by atoms with Crippen LogP contribution in [0.15, 0.2) is 48.5 Å². The molecule has 1 heterocycles. The Labute approximate surface area is 152 Å². The zero-order valence-electron chi connectivity index (χ0n) is 15.2. The molecule has 2 aromatic rings. The van der Waals surface area contributed by atoms with Gasteiger partial charge in [0, 0.05) is 5.56 Å². The van der Waals surface area contributed by atoms with Crippen molar-refractivity contribution in [2.45, 2.75) is 12.1 Å². The molecule has 1 atom stereocenters. The summed E-state index contributed by atoms with van der Waals surface area (Å²) < 4.78 is 25.3. The van der Waals surface area contributed by atoms with Crippen molar-refractivity contribution in [3.05, 3.63) is 59.9 Å². The Morgan fingerprint density at radius 2 is 1.73 bits per heavy atom. The van der Waals surface area contributed by atoms with Gasteiger partial charge in [-0.1, -0.05) is 30.3 Å². The molecule has 0 spiro atoms. The Balaban J connectivity index is 1.66. The minimum Gasteiger partial charge on any atom is -0.493 e. The molecule has 26 heavy (non-hydrogen) atoms. The summed E-state index contributed by atoms with van der Waals surface area (Å²) in [5, 5.41) is 0. The molecule has 138 valence electrons. The maximum absolute atomic E-state index is 14.2. The van der Waals surface area contributed by atoms with E-state index in [2.05, 4.69) is 0 Å². The smallest absolute Gasteiger partial charge is 0.244 e. The number of halogens is 1. The minimum absolute atomic E-state index is 0.0984. The van der Waals surface area contributed by atoms with E-state index in [4.69, 9.17) is 9.47 Å². The van der Waals surface area contributed by atoms with Crippen molar-refractivity contribution in [3.8, 4) is 11.5 Å². The molecule has 6 heteroatoms. The van der Waals surface area contributed by atoms with Gasteiger partial charge in [0.25, 0.3) is 0 Å². The van der Waals surface area contributed by atoms with Gasteiger partial charge in [0.15, 0.2) is 11.5 Å². The third-order valence-electron chi connectivity index (χ3n) is 4.47. The van der Waals surface area contributed by atoms with Gasteiger partial charge >= 0.3 is 0 Å². The highest BCUT2D eigenvalue weighted by atomic mass is 19.1. The fourth-order valence-electron chi connectivity index (χ4n) is 3.09. The molecule has 2 aromatic carbocycles. The molecule has 5 nitrogen and oxygen atoms in total. The monoisotopic (exact) mass is 358 g/mol. The lowest BCUT2D eigenvalue weighted by Crippen LogP contribution is -2.58. The van der Waals surface area contributed by atoms with Crippen LogP contribution >= 0.6 is 0 Å². The van der Waals surface area contributed by atoms with Gasteiger partial charge < -0.3 is 14.4 Å². The number of carbonyl (C=O) groups excluding carboxylic acids is 1. The maximum atomic E-state index is 14.2. The molecule has 1 fully saturated rings. The minimum atomic E-state index is -0.650. The van der Waals surface area contributed by atoms with Crippen LogP contribution in [0.2, 0.25) is 0 Å². The second kappa shape index (κ2) is 7.74. The Morgan fingerprint density at radius 3 is 2.35 bits per heavy atom. The zero-order valence-corrected chi connectivity index (χ0v) is 15.2. The third-order valence-corrected chi connectivity index (χ3v) is 4.47. The van der Waals surface area contributed by atoms with Crippen molar-refractivity contribution >= 4 is 5.91 Å². The Kier molecular flexibility index (Phi) is 5.42. The summed E-state index contributed by atoms with van der Waals surface area (Å²) in [6.45, 7) is 0.936. The number of hydrogen-bond donors (Lipinski definition) is 0. The SMILES string of the molecule is COc1ccccc1OC1CN(C(=O)[C@@H](c2ccccc2F)N(C)C)C1. The second-order valence-corrected chi connectivity index (χ2v) is 6.52. The number of para-hydroxylation sites is 2. The van der Waals surface area contributed by atoms with Crippen molar-refractivity contribution in [1.29, 1.82) is 0 Å². The lowest BCUT2D eigenvalue weighted by molar-refractivity contribution is -0.145. The van der Waals surface area contributed by atoms with Crippen LogP contribution in [0.3, 0.4) is 0 Å². The first-order valence-corrected chi connectivity index (χ1v) is 8.50. The van der Waals surface area contributed by atoms with Gasteiger partial charge in [0.2, 0.25) is 5.91 Å². The number of likely N-dealkylation sites (tertiary alicyclic amines) is 1. The number of carbonyl (C=O) groups is 1. The molecular weight excluding hydrogens is 335 g/mol. The van der Waals surface area contributed by atoms with E-state index >= 15 is 0 Å². The Morgan fingerprint density at radius 1 is 1.12 bits per heavy atom. The van der Waals surface area contributed by atoms with E-state index in [0.717, 1.165) is 0 Å². The number of rotatable bonds is 6. The molecule has 1 amide bonds. The average molecular weight is 358 g/mol. The van der Waals surface area contributed by atoms with E-state index in [0.29, 0.717) is 30.2 Å². The molecule has 0 N–H and O–H groups in total. The molecule has 0 saturated carbocycles. The molecule has 1 saturated heterocycles. The lowest BCUT2D eigenvalue weighted by atomic mass is 10.0. The first-order chi connectivity index (χ1) is 12.5. The first-order valence-electron chi connectivity index (χ1n) is 8.50. The van der Waals surface area contributed by atoms with Crippen LogP contribution in [0.4, 0.5) is 4.39 Å². The number of benzene rings is 2. The van der Waals surface area contributed by atoms with Gasteiger partial charge in [-0.3, -0.25) is 9.69 Å². The summed E-state index contributed by atoms with van der Waals surface area (Å²) in [5.41, 5.74) is 0.386. The summed E-state index contributed by atoms with van der Waals surface area (Å²) in [5.74, 6) is 0.821. The Hall–Kier alpha value is -2.60. The van der Waals surface area contributed by atoms with E-state index in [1.54, 1.807) is 49.2 Å². The van der Waals surface area contributed by atoms with Crippen LogP contribution < -0.4 is 9.47 Å². The molecule has 0 radical (unpaired) electrons. The number of ether oxygens (including phenoxy) is 2. The van der Waals surface area contributed by atoms with Gasteiger partial charge in [-0.25, -0.2) is 4.39 Å². The van der Waals surface area contributed by atoms with E-state index in [-0.39, 0.29) is 17.8 Å². The average Bonchev–Trinajstić information content (AvgIpc) is 2.59. The van der Waals surface area contributed by atoms with Crippen molar-refractivity contribution in [3.63, 3.8) is 0 Å². The van der Waals surface area contributed by atoms with Gasteiger partial charge in [0.05, 0.1) is 20.2 Å². The van der Waals surface area contributed by atoms with Crippen molar-refractivity contribution in [2.24, 2.45) is 0 Å². The van der Waals surface area contributed by atoms with Crippen molar-refractivity contribution < 1.29 is 18.7 Å². The molecule has 0 aromatic heterocycles. The highest BCUT2D eigenvalue weighted by molar-refractivity contribution is 5.84. The predicted octanol–water partition coefficient (Wildman–Crippen LogP) is 2.73. The summed E-state index contributed by atoms with van der Waals surface area (Å²) >= 11 is 0. The Bertz CT molecular complexity index is 775. The number of amides is 1. The van der Waals surface area contributed by atoms with Crippen LogP contribution in [0, 0.1) is 5.82 Å². The van der Waals surface area contributed by atoms with Crippen LogP contribution in [0.1, 0.15) is 11.6 Å². The largest absolute Gasteiger partial charge is 0.493 e. The molecule has 0 unspecified atom stereocenters. The molecule has 1 aliphatic rings. The number of hydrogen-bond acceptors (Lipinski definition) is 4. The maximum Gasteiger partial charge on any atom is 0.244 e. The van der Waals surface area contributed by atoms with Crippen LogP contribution in [-0.4, -0.2) is 56.1 Å². The fourth-order valence-corrected chi connectivity index (χ4v) is 3.09. The van der Waals surface area contributed by atoms with Crippen LogP contribution in [0.25, 0.3) is 0 Å². The van der Waals surface area contributed by atoms with Crippen molar-refractivity contribution in [2.75, 3.05) is 34.3 Å². The number of likely N-dealkylation sites (N-methyl/N-ethyl adjacent to an activating group) is 1. The topological polar surface area (TPSA) is 42.0 Å². The lowest BCUT2D eigenvalue weighted by Gasteiger charge is -2.41. The molecule has 0 aliphatic carbocycles. The third kappa shape index (κ3) is 3.65.